The number of fused-ring (bicyclic) bond motifs is 1. The maximum atomic E-state index is 12.7. The lowest BCUT2D eigenvalue weighted by Gasteiger charge is -2.12. The second-order valence-electron chi connectivity index (χ2n) is 6.28. The Balaban J connectivity index is 1.76. The minimum Gasteiger partial charge on any atom is -0.306 e. The average Bonchev–Trinajstić information content (AvgIpc) is 2.77. The van der Waals surface area contributed by atoms with E-state index in [1.54, 1.807) is 0 Å². The van der Waals surface area contributed by atoms with Gasteiger partial charge in [0.1, 0.15) is 5.82 Å². The monoisotopic (exact) mass is 329 g/mol. The van der Waals surface area contributed by atoms with E-state index in [-0.39, 0.29) is 11.0 Å². The van der Waals surface area contributed by atoms with Crippen molar-refractivity contribution in [2.75, 3.05) is 0 Å². The molecular formula is C18H23N3OS. The fraction of sp³-hybridized carbons (Fsp3) is 0.500. The van der Waals surface area contributed by atoms with E-state index in [1.807, 2.05) is 32.0 Å². The van der Waals surface area contributed by atoms with Gasteiger partial charge in [-0.1, -0.05) is 30.3 Å². The zero-order valence-electron chi connectivity index (χ0n) is 14.0. The molecule has 2 heterocycles. The van der Waals surface area contributed by atoms with Crippen molar-refractivity contribution in [3.8, 4) is 0 Å². The predicted octanol–water partition coefficient (Wildman–Crippen LogP) is 3.98. The van der Waals surface area contributed by atoms with E-state index in [2.05, 4.69) is 21.7 Å². The largest absolute Gasteiger partial charge is 0.306 e. The third-order valence-electron chi connectivity index (χ3n) is 4.52. The number of thioether (sulfide) groups is 1. The van der Waals surface area contributed by atoms with Gasteiger partial charge in [0.2, 0.25) is 0 Å². The van der Waals surface area contributed by atoms with Crippen LogP contribution in [0.25, 0.3) is 0 Å². The summed E-state index contributed by atoms with van der Waals surface area (Å²) in [6, 6.07) is 5.92. The smallest absolute Gasteiger partial charge is 0.191 e. The minimum atomic E-state index is -0.159. The summed E-state index contributed by atoms with van der Waals surface area (Å²) in [5.41, 5.74) is 3.15. The van der Waals surface area contributed by atoms with E-state index in [9.17, 15) is 4.79 Å². The average molecular weight is 329 g/mol. The molecule has 1 atom stereocenters. The van der Waals surface area contributed by atoms with Crippen LogP contribution >= 0.6 is 11.8 Å². The summed E-state index contributed by atoms with van der Waals surface area (Å²) in [6.07, 6.45) is 4.58. The maximum absolute atomic E-state index is 12.7. The highest BCUT2D eigenvalue weighted by Crippen LogP contribution is 2.27. The van der Waals surface area contributed by atoms with Gasteiger partial charge in [-0.2, -0.15) is 0 Å². The molecule has 0 amide bonds. The van der Waals surface area contributed by atoms with Gasteiger partial charge < -0.3 is 4.57 Å². The first kappa shape index (κ1) is 16.2. The Morgan fingerprint density at radius 2 is 2.00 bits per heavy atom. The van der Waals surface area contributed by atoms with Crippen LogP contribution < -0.4 is 0 Å². The zero-order valence-corrected chi connectivity index (χ0v) is 14.8. The Bertz CT molecular complexity index is 723. The molecule has 0 fully saturated rings. The summed E-state index contributed by atoms with van der Waals surface area (Å²) in [5.74, 6) is 1.22. The Kier molecular flexibility index (Phi) is 4.85. The van der Waals surface area contributed by atoms with Crippen molar-refractivity contribution in [1.29, 1.82) is 0 Å². The first-order valence-electron chi connectivity index (χ1n) is 8.26. The standard InChI is InChI=1S/C18H23N3OS/c1-12-8-9-15(11-13(12)2)17(22)14(3)23-18-20-19-16-7-5-4-6-10-21(16)18/h8-9,11,14H,4-7,10H2,1-3H3/t14-/m0/s1. The normalized spacial score (nSPS) is 15.8. The molecule has 122 valence electrons. The summed E-state index contributed by atoms with van der Waals surface area (Å²) >= 11 is 1.53. The molecule has 0 aliphatic carbocycles. The van der Waals surface area contributed by atoms with Gasteiger partial charge in [-0.15, -0.1) is 10.2 Å². The van der Waals surface area contributed by atoms with Crippen LogP contribution in [0.15, 0.2) is 23.4 Å². The lowest BCUT2D eigenvalue weighted by molar-refractivity contribution is 0.0993. The molecule has 3 rings (SSSR count). The molecule has 0 unspecified atom stereocenters. The highest BCUT2D eigenvalue weighted by atomic mass is 32.2. The molecule has 1 aliphatic rings. The van der Waals surface area contributed by atoms with Crippen LogP contribution in [0.3, 0.4) is 0 Å². The Labute approximate surface area is 141 Å². The van der Waals surface area contributed by atoms with E-state index in [1.165, 1.54) is 30.2 Å². The second-order valence-corrected chi connectivity index (χ2v) is 7.59. The summed E-state index contributed by atoms with van der Waals surface area (Å²) in [6.45, 7) is 7.03. The minimum absolute atomic E-state index is 0.157. The van der Waals surface area contributed by atoms with Crippen LogP contribution in [-0.2, 0) is 13.0 Å². The SMILES string of the molecule is Cc1ccc(C(=O)[C@H](C)Sc2nnc3n2CCCCC3)cc1C. The third-order valence-corrected chi connectivity index (χ3v) is 5.60. The fourth-order valence-electron chi connectivity index (χ4n) is 2.89. The molecule has 0 spiro atoms. The number of aromatic nitrogens is 3. The number of aryl methyl sites for hydroxylation is 3. The van der Waals surface area contributed by atoms with Crippen molar-refractivity contribution in [3.05, 3.63) is 40.7 Å². The van der Waals surface area contributed by atoms with Crippen LogP contribution in [0, 0.1) is 13.8 Å². The third kappa shape index (κ3) is 3.50. The molecule has 2 aromatic rings. The van der Waals surface area contributed by atoms with Gasteiger partial charge >= 0.3 is 0 Å². The topological polar surface area (TPSA) is 47.8 Å². The second kappa shape index (κ2) is 6.87. The van der Waals surface area contributed by atoms with Crippen LogP contribution in [0.4, 0.5) is 0 Å². The van der Waals surface area contributed by atoms with Crippen molar-refractivity contribution < 1.29 is 4.79 Å². The van der Waals surface area contributed by atoms with Crippen molar-refractivity contribution in [3.63, 3.8) is 0 Å². The highest BCUT2D eigenvalue weighted by molar-refractivity contribution is 8.00. The molecule has 5 heteroatoms. The maximum Gasteiger partial charge on any atom is 0.191 e. The van der Waals surface area contributed by atoms with Gasteiger partial charge in [0.05, 0.1) is 5.25 Å². The van der Waals surface area contributed by atoms with Crippen molar-refractivity contribution in [2.45, 2.75) is 63.4 Å². The van der Waals surface area contributed by atoms with Gasteiger partial charge in [-0.3, -0.25) is 4.79 Å². The lowest BCUT2D eigenvalue weighted by atomic mass is 10.0. The molecule has 1 aromatic heterocycles. The molecule has 0 bridgehead atoms. The van der Waals surface area contributed by atoms with Gasteiger partial charge in [0.15, 0.2) is 10.9 Å². The number of ketones is 1. The summed E-state index contributed by atoms with van der Waals surface area (Å²) in [7, 11) is 0. The van der Waals surface area contributed by atoms with Gasteiger partial charge in [-0.25, -0.2) is 0 Å². The molecular weight excluding hydrogens is 306 g/mol. The van der Waals surface area contributed by atoms with E-state index in [0.717, 1.165) is 41.5 Å². The Morgan fingerprint density at radius 1 is 1.17 bits per heavy atom. The molecule has 1 aliphatic heterocycles. The van der Waals surface area contributed by atoms with E-state index >= 15 is 0 Å². The number of hydrogen-bond acceptors (Lipinski definition) is 4. The number of rotatable bonds is 4. The predicted molar refractivity (Wildman–Crippen MR) is 93.1 cm³/mol. The Hall–Kier alpha value is -1.62. The van der Waals surface area contributed by atoms with Crippen LogP contribution in [0.1, 0.15) is 53.5 Å². The van der Waals surface area contributed by atoms with E-state index in [0.29, 0.717) is 0 Å². The lowest BCUT2D eigenvalue weighted by Crippen LogP contribution is -2.15. The number of nitrogens with zero attached hydrogens (tertiary/aromatic N) is 3. The van der Waals surface area contributed by atoms with E-state index < -0.39 is 0 Å². The number of carbonyl (C=O) groups is 1. The number of Topliss-reactive ketones (excluding diaryl/α,β-unsaturated/α-hetero) is 1. The Morgan fingerprint density at radius 3 is 2.78 bits per heavy atom. The molecule has 0 saturated heterocycles. The van der Waals surface area contributed by atoms with E-state index in [4.69, 9.17) is 0 Å². The first-order valence-corrected chi connectivity index (χ1v) is 9.14. The van der Waals surface area contributed by atoms with Crippen LogP contribution in [-0.4, -0.2) is 25.8 Å². The zero-order chi connectivity index (χ0) is 16.4. The molecule has 0 saturated carbocycles. The van der Waals surface area contributed by atoms with Crippen LogP contribution in [0.2, 0.25) is 0 Å². The fourth-order valence-corrected chi connectivity index (χ4v) is 3.86. The van der Waals surface area contributed by atoms with Gasteiger partial charge in [0.25, 0.3) is 0 Å². The van der Waals surface area contributed by atoms with Crippen molar-refractivity contribution >= 4 is 17.5 Å². The molecule has 4 nitrogen and oxygen atoms in total. The van der Waals surface area contributed by atoms with Crippen LogP contribution in [0.5, 0.6) is 0 Å². The van der Waals surface area contributed by atoms with Gasteiger partial charge in [0, 0.05) is 18.5 Å². The number of benzene rings is 1. The summed E-state index contributed by atoms with van der Waals surface area (Å²) < 4.78 is 2.20. The first-order chi connectivity index (χ1) is 11.1. The highest BCUT2D eigenvalue weighted by Gasteiger charge is 2.22. The summed E-state index contributed by atoms with van der Waals surface area (Å²) in [4.78, 5) is 12.7. The molecule has 0 N–H and O–H groups in total. The van der Waals surface area contributed by atoms with Gasteiger partial charge in [-0.05, 0) is 50.8 Å². The quantitative estimate of drug-likeness (QED) is 0.629. The van der Waals surface area contributed by atoms with Crippen molar-refractivity contribution in [1.82, 2.24) is 14.8 Å². The number of hydrogen-bond donors (Lipinski definition) is 0. The van der Waals surface area contributed by atoms with Crippen molar-refractivity contribution in [2.24, 2.45) is 0 Å². The molecule has 0 radical (unpaired) electrons. The molecule has 1 aromatic carbocycles. The molecule has 23 heavy (non-hydrogen) atoms. The summed E-state index contributed by atoms with van der Waals surface area (Å²) in [5, 5.41) is 9.34. The number of carbonyl (C=O) groups excluding carboxylic acids is 1.